The van der Waals surface area contributed by atoms with E-state index in [9.17, 15) is 0 Å². The van der Waals surface area contributed by atoms with Gasteiger partial charge in [-0.2, -0.15) is 0 Å². The van der Waals surface area contributed by atoms with E-state index in [0.717, 1.165) is 39.4 Å². The fourth-order valence-corrected chi connectivity index (χ4v) is 3.87. The second kappa shape index (κ2) is 7.35. The highest BCUT2D eigenvalue weighted by molar-refractivity contribution is 6.46. The van der Waals surface area contributed by atoms with Gasteiger partial charge in [-0.15, -0.1) is 0 Å². The molecule has 1 unspecified atom stereocenters. The molecule has 0 aromatic carbocycles. The van der Waals surface area contributed by atoms with Crippen LogP contribution in [0, 0.1) is 0 Å². The van der Waals surface area contributed by atoms with Crippen molar-refractivity contribution in [1.29, 1.82) is 0 Å². The predicted octanol–water partition coefficient (Wildman–Crippen LogP) is 0.113. The van der Waals surface area contributed by atoms with Gasteiger partial charge in [0.1, 0.15) is 0 Å². The molecule has 0 spiro atoms. The van der Waals surface area contributed by atoms with Gasteiger partial charge in [-0.05, 0) is 20.8 Å². The molecule has 0 aromatic rings. The van der Waals surface area contributed by atoms with Gasteiger partial charge in [0.2, 0.25) is 0 Å². The van der Waals surface area contributed by atoms with Gasteiger partial charge in [-0.25, -0.2) is 0 Å². The molecule has 1 heterocycles. The quantitative estimate of drug-likeness (QED) is 0.659. The van der Waals surface area contributed by atoms with Gasteiger partial charge >= 0.3 is 9.28 Å². The van der Waals surface area contributed by atoms with Crippen molar-refractivity contribution in [1.82, 2.24) is 10.2 Å². The van der Waals surface area contributed by atoms with Crippen molar-refractivity contribution in [3.8, 4) is 0 Å². The molecule has 1 aliphatic heterocycles. The van der Waals surface area contributed by atoms with Crippen LogP contribution < -0.4 is 5.32 Å². The van der Waals surface area contributed by atoms with Crippen LogP contribution in [0.2, 0.25) is 0 Å². The second-order valence-corrected chi connectivity index (χ2v) is 6.17. The lowest BCUT2D eigenvalue weighted by molar-refractivity contribution is 0.149. The zero-order valence-electron chi connectivity index (χ0n) is 10.2. The van der Waals surface area contributed by atoms with Crippen LogP contribution in [0.4, 0.5) is 0 Å². The molecule has 15 heavy (non-hydrogen) atoms. The van der Waals surface area contributed by atoms with E-state index in [2.05, 4.69) is 17.1 Å². The molecule has 0 aromatic heterocycles. The van der Waals surface area contributed by atoms with Gasteiger partial charge in [0.25, 0.3) is 0 Å². The Labute approximate surface area is 94.8 Å². The first-order valence-electron chi connectivity index (χ1n) is 5.97. The molecule has 1 aliphatic rings. The lowest BCUT2D eigenvalue weighted by atomic mass is 10.4. The Balaban J connectivity index is 2.41. The molecular formula is C10H24N2O2Si. The summed E-state index contributed by atoms with van der Waals surface area (Å²) >= 11 is 0. The van der Waals surface area contributed by atoms with Crippen molar-refractivity contribution in [2.75, 3.05) is 39.4 Å². The highest BCUT2D eigenvalue weighted by Crippen LogP contribution is 2.07. The van der Waals surface area contributed by atoms with E-state index in [0.29, 0.717) is 5.67 Å². The first kappa shape index (κ1) is 13.1. The van der Waals surface area contributed by atoms with Crippen molar-refractivity contribution in [2.45, 2.75) is 26.4 Å². The van der Waals surface area contributed by atoms with Crippen LogP contribution in [0.5, 0.6) is 0 Å². The molecule has 1 rings (SSSR count). The number of nitrogens with one attached hydrogen (secondary N) is 1. The number of hydrogen-bond acceptors (Lipinski definition) is 4. The Morgan fingerprint density at radius 3 is 2.20 bits per heavy atom. The number of rotatable bonds is 6. The van der Waals surface area contributed by atoms with Gasteiger partial charge in [-0.1, -0.05) is 0 Å². The van der Waals surface area contributed by atoms with Crippen LogP contribution in [0.25, 0.3) is 0 Å². The van der Waals surface area contributed by atoms with Crippen LogP contribution in [-0.4, -0.2) is 59.2 Å². The van der Waals surface area contributed by atoms with E-state index >= 15 is 0 Å². The van der Waals surface area contributed by atoms with Crippen LogP contribution in [0.1, 0.15) is 20.8 Å². The Morgan fingerprint density at radius 2 is 1.73 bits per heavy atom. The molecule has 1 fully saturated rings. The largest absolute Gasteiger partial charge is 0.396 e. The lowest BCUT2D eigenvalue weighted by Crippen LogP contribution is -2.54. The minimum atomic E-state index is -1.50. The molecule has 0 aliphatic carbocycles. The molecule has 1 atom stereocenters. The third-order valence-corrected chi connectivity index (χ3v) is 5.32. The summed E-state index contributed by atoms with van der Waals surface area (Å²) in [4.78, 5) is 2.48. The SMILES string of the molecule is CCO[SiH](OCC)C(C)N1CCNCC1. The molecule has 0 bridgehead atoms. The Hall–Kier alpha value is 0.0569. The number of hydrogen-bond donors (Lipinski definition) is 1. The summed E-state index contributed by atoms with van der Waals surface area (Å²) in [6.07, 6.45) is 0. The average molecular weight is 232 g/mol. The van der Waals surface area contributed by atoms with Crippen molar-refractivity contribution in [3.63, 3.8) is 0 Å². The monoisotopic (exact) mass is 232 g/mol. The van der Waals surface area contributed by atoms with E-state index in [1.807, 2.05) is 13.8 Å². The summed E-state index contributed by atoms with van der Waals surface area (Å²) in [5.74, 6) is 0. The van der Waals surface area contributed by atoms with Gasteiger partial charge in [-0.3, -0.25) is 4.90 Å². The summed E-state index contributed by atoms with van der Waals surface area (Å²) in [6.45, 7) is 12.3. The van der Waals surface area contributed by atoms with Crippen LogP contribution in [-0.2, 0) is 8.85 Å². The predicted molar refractivity (Wildman–Crippen MR) is 64.3 cm³/mol. The Bertz CT molecular complexity index is 160. The standard InChI is InChI=1S/C10H24N2O2Si/c1-4-13-15(14-5-2)10(3)12-8-6-11-7-9-12/h10-11,15H,4-9H2,1-3H3. The molecular weight excluding hydrogens is 208 g/mol. The maximum atomic E-state index is 5.75. The Kier molecular flexibility index (Phi) is 6.43. The third-order valence-electron chi connectivity index (χ3n) is 2.78. The van der Waals surface area contributed by atoms with E-state index in [1.54, 1.807) is 0 Å². The molecule has 5 heteroatoms. The smallest absolute Gasteiger partial charge is 0.338 e. The minimum Gasteiger partial charge on any atom is -0.396 e. The second-order valence-electron chi connectivity index (χ2n) is 3.81. The summed E-state index contributed by atoms with van der Waals surface area (Å²) in [7, 11) is -1.50. The van der Waals surface area contributed by atoms with E-state index < -0.39 is 9.28 Å². The third kappa shape index (κ3) is 4.20. The fourth-order valence-electron chi connectivity index (χ4n) is 1.92. The molecule has 4 nitrogen and oxygen atoms in total. The van der Waals surface area contributed by atoms with E-state index in [-0.39, 0.29) is 0 Å². The van der Waals surface area contributed by atoms with Gasteiger partial charge in [0.05, 0.1) is 0 Å². The molecule has 1 N–H and O–H groups in total. The van der Waals surface area contributed by atoms with Crippen LogP contribution in [0.3, 0.4) is 0 Å². The Morgan fingerprint density at radius 1 is 1.20 bits per heavy atom. The van der Waals surface area contributed by atoms with Gasteiger partial charge in [0, 0.05) is 45.1 Å². The van der Waals surface area contributed by atoms with Crippen molar-refractivity contribution in [3.05, 3.63) is 0 Å². The van der Waals surface area contributed by atoms with Crippen molar-refractivity contribution >= 4 is 9.28 Å². The van der Waals surface area contributed by atoms with Crippen molar-refractivity contribution in [2.24, 2.45) is 0 Å². The molecule has 0 radical (unpaired) electrons. The first-order valence-corrected chi connectivity index (χ1v) is 7.58. The maximum Gasteiger partial charge on any atom is 0.338 e. The molecule has 1 saturated heterocycles. The minimum absolute atomic E-state index is 0.479. The van der Waals surface area contributed by atoms with E-state index in [1.165, 1.54) is 0 Å². The topological polar surface area (TPSA) is 33.7 Å². The molecule has 90 valence electrons. The first-order chi connectivity index (χ1) is 7.29. The number of piperazine rings is 1. The average Bonchev–Trinajstić information content (AvgIpc) is 2.29. The zero-order valence-corrected chi connectivity index (χ0v) is 11.3. The number of nitrogens with zero attached hydrogens (tertiary/aromatic N) is 1. The summed E-state index contributed by atoms with van der Waals surface area (Å²) in [5, 5.41) is 3.36. The van der Waals surface area contributed by atoms with Crippen molar-refractivity contribution < 1.29 is 8.85 Å². The fraction of sp³-hybridized carbons (Fsp3) is 1.00. The molecule has 0 saturated carbocycles. The lowest BCUT2D eigenvalue weighted by Gasteiger charge is -2.35. The summed E-state index contributed by atoms with van der Waals surface area (Å²) < 4.78 is 11.5. The van der Waals surface area contributed by atoms with Crippen LogP contribution in [0.15, 0.2) is 0 Å². The highest BCUT2D eigenvalue weighted by atomic mass is 28.3. The normalized spacial score (nSPS) is 20.8. The van der Waals surface area contributed by atoms with Gasteiger partial charge < -0.3 is 14.2 Å². The zero-order chi connectivity index (χ0) is 11.1. The highest BCUT2D eigenvalue weighted by Gasteiger charge is 2.28. The van der Waals surface area contributed by atoms with E-state index in [4.69, 9.17) is 8.85 Å². The maximum absolute atomic E-state index is 5.75. The van der Waals surface area contributed by atoms with Crippen LogP contribution >= 0.6 is 0 Å². The van der Waals surface area contributed by atoms with Gasteiger partial charge in [0.15, 0.2) is 0 Å². The molecule has 0 amide bonds. The summed E-state index contributed by atoms with van der Waals surface area (Å²) in [5.41, 5.74) is 0.479. The summed E-state index contributed by atoms with van der Waals surface area (Å²) in [6, 6.07) is 0.